The number of rotatable bonds is 6. The van der Waals surface area contributed by atoms with Crippen molar-refractivity contribution in [3.8, 4) is 0 Å². The monoisotopic (exact) mass is 351 g/mol. The Morgan fingerprint density at radius 1 is 1.21 bits per heavy atom. The van der Waals surface area contributed by atoms with Crippen molar-refractivity contribution in [3.05, 3.63) is 24.3 Å². The van der Waals surface area contributed by atoms with Gasteiger partial charge in [0.05, 0.1) is 10.9 Å². The van der Waals surface area contributed by atoms with Gasteiger partial charge in [0.1, 0.15) is 0 Å². The van der Waals surface area contributed by atoms with Gasteiger partial charge in [-0.1, -0.05) is 12.5 Å². The molecule has 24 heavy (non-hydrogen) atoms. The van der Waals surface area contributed by atoms with E-state index in [0.717, 1.165) is 32.1 Å². The number of sulfonamides is 1. The zero-order valence-electron chi connectivity index (χ0n) is 14.0. The van der Waals surface area contributed by atoms with Crippen LogP contribution < -0.4 is 10.6 Å². The second kappa shape index (κ2) is 7.21. The van der Waals surface area contributed by atoms with E-state index in [0.29, 0.717) is 24.8 Å². The fourth-order valence-corrected chi connectivity index (χ4v) is 4.48. The Morgan fingerprint density at radius 3 is 2.58 bits per heavy atom. The lowest BCUT2D eigenvalue weighted by Gasteiger charge is -2.26. The molecular formula is C17H25N3O3S. The van der Waals surface area contributed by atoms with E-state index in [9.17, 15) is 13.2 Å². The maximum atomic E-state index is 12.7. The fourth-order valence-electron chi connectivity index (χ4n) is 2.92. The Morgan fingerprint density at radius 2 is 1.92 bits per heavy atom. The summed E-state index contributed by atoms with van der Waals surface area (Å²) in [7, 11) is -3.48. The van der Waals surface area contributed by atoms with Crippen molar-refractivity contribution < 1.29 is 13.2 Å². The molecule has 1 aromatic rings. The molecule has 1 saturated heterocycles. The molecule has 1 atom stereocenters. The SMILES string of the molecule is CC(NC1CC1)C(=O)Nc1cccc(S(=O)(=O)N2CCCCC2)c1. The highest BCUT2D eigenvalue weighted by molar-refractivity contribution is 7.89. The molecule has 0 aromatic heterocycles. The molecule has 2 aliphatic rings. The van der Waals surface area contributed by atoms with Crippen molar-refractivity contribution in [2.45, 2.75) is 56.0 Å². The van der Waals surface area contributed by atoms with Crippen molar-refractivity contribution in [2.24, 2.45) is 0 Å². The van der Waals surface area contributed by atoms with E-state index >= 15 is 0 Å². The number of hydrogen-bond donors (Lipinski definition) is 2. The molecule has 1 aliphatic heterocycles. The fraction of sp³-hybridized carbons (Fsp3) is 0.588. The molecule has 132 valence electrons. The van der Waals surface area contributed by atoms with Crippen LogP contribution in [-0.4, -0.2) is 43.8 Å². The van der Waals surface area contributed by atoms with Gasteiger partial charge < -0.3 is 10.6 Å². The van der Waals surface area contributed by atoms with E-state index in [1.54, 1.807) is 24.3 Å². The average molecular weight is 351 g/mol. The van der Waals surface area contributed by atoms with Gasteiger partial charge in [-0.3, -0.25) is 4.79 Å². The summed E-state index contributed by atoms with van der Waals surface area (Å²) in [5, 5.41) is 6.04. The molecular weight excluding hydrogens is 326 g/mol. The number of anilines is 1. The first kappa shape index (κ1) is 17.4. The molecule has 0 bridgehead atoms. The van der Waals surface area contributed by atoms with Gasteiger partial charge in [-0.25, -0.2) is 8.42 Å². The molecule has 2 fully saturated rings. The first-order valence-corrected chi connectivity index (χ1v) is 10.1. The lowest BCUT2D eigenvalue weighted by atomic mass is 10.2. The van der Waals surface area contributed by atoms with E-state index in [2.05, 4.69) is 10.6 Å². The van der Waals surface area contributed by atoms with Gasteiger partial charge in [0.25, 0.3) is 0 Å². The molecule has 1 amide bonds. The Labute approximate surface area is 143 Å². The summed E-state index contributed by atoms with van der Waals surface area (Å²) in [5.41, 5.74) is 0.516. The first-order chi connectivity index (χ1) is 11.5. The van der Waals surface area contributed by atoms with Gasteiger partial charge in [0.2, 0.25) is 15.9 Å². The topological polar surface area (TPSA) is 78.5 Å². The van der Waals surface area contributed by atoms with Crippen LogP contribution in [0.1, 0.15) is 39.0 Å². The third-order valence-electron chi connectivity index (χ3n) is 4.51. The van der Waals surface area contributed by atoms with Crippen LogP contribution in [0.4, 0.5) is 5.69 Å². The minimum absolute atomic E-state index is 0.144. The van der Waals surface area contributed by atoms with Crippen LogP contribution in [0.15, 0.2) is 29.2 Å². The van der Waals surface area contributed by atoms with E-state index in [1.165, 1.54) is 4.31 Å². The molecule has 0 spiro atoms. The quantitative estimate of drug-likeness (QED) is 0.821. The summed E-state index contributed by atoms with van der Waals surface area (Å²) in [6, 6.07) is 6.68. The van der Waals surface area contributed by atoms with Crippen LogP contribution in [0.25, 0.3) is 0 Å². The number of piperidine rings is 1. The number of carbonyl (C=O) groups excluding carboxylic acids is 1. The summed E-state index contributed by atoms with van der Waals surface area (Å²) >= 11 is 0. The first-order valence-electron chi connectivity index (χ1n) is 8.64. The summed E-state index contributed by atoms with van der Waals surface area (Å²) in [6.45, 7) is 2.96. The highest BCUT2D eigenvalue weighted by Gasteiger charge is 2.27. The number of nitrogens with zero attached hydrogens (tertiary/aromatic N) is 1. The van der Waals surface area contributed by atoms with Gasteiger partial charge in [-0.05, 0) is 50.8 Å². The predicted molar refractivity (Wildman–Crippen MR) is 93.3 cm³/mol. The van der Waals surface area contributed by atoms with Gasteiger partial charge in [0.15, 0.2) is 0 Å². The van der Waals surface area contributed by atoms with Crippen molar-refractivity contribution in [2.75, 3.05) is 18.4 Å². The van der Waals surface area contributed by atoms with Crippen molar-refractivity contribution in [3.63, 3.8) is 0 Å². The van der Waals surface area contributed by atoms with E-state index in [-0.39, 0.29) is 16.8 Å². The second-order valence-corrected chi connectivity index (χ2v) is 8.58. The zero-order valence-corrected chi connectivity index (χ0v) is 14.8. The van der Waals surface area contributed by atoms with Gasteiger partial charge in [-0.2, -0.15) is 4.31 Å². The average Bonchev–Trinajstić information content (AvgIpc) is 3.40. The van der Waals surface area contributed by atoms with Crippen LogP contribution in [0.2, 0.25) is 0 Å². The maximum absolute atomic E-state index is 12.7. The van der Waals surface area contributed by atoms with Crippen molar-refractivity contribution in [1.82, 2.24) is 9.62 Å². The Hall–Kier alpha value is -1.44. The highest BCUT2D eigenvalue weighted by atomic mass is 32.2. The van der Waals surface area contributed by atoms with E-state index < -0.39 is 10.0 Å². The number of benzene rings is 1. The van der Waals surface area contributed by atoms with Gasteiger partial charge in [0, 0.05) is 24.8 Å². The number of carbonyl (C=O) groups is 1. The van der Waals surface area contributed by atoms with E-state index in [4.69, 9.17) is 0 Å². The molecule has 6 nitrogen and oxygen atoms in total. The summed E-state index contributed by atoms with van der Waals surface area (Å²) in [4.78, 5) is 12.4. The third kappa shape index (κ3) is 4.15. The van der Waals surface area contributed by atoms with Crippen molar-refractivity contribution in [1.29, 1.82) is 0 Å². The Kier molecular flexibility index (Phi) is 5.22. The molecule has 0 radical (unpaired) electrons. The minimum Gasteiger partial charge on any atom is -0.325 e. The van der Waals surface area contributed by atoms with Gasteiger partial charge >= 0.3 is 0 Å². The number of amides is 1. The van der Waals surface area contributed by atoms with Crippen LogP contribution in [0.5, 0.6) is 0 Å². The smallest absolute Gasteiger partial charge is 0.243 e. The van der Waals surface area contributed by atoms with Crippen LogP contribution in [-0.2, 0) is 14.8 Å². The molecule has 1 saturated carbocycles. The molecule has 2 N–H and O–H groups in total. The van der Waals surface area contributed by atoms with Crippen LogP contribution in [0, 0.1) is 0 Å². The molecule has 7 heteroatoms. The van der Waals surface area contributed by atoms with E-state index in [1.807, 2.05) is 6.92 Å². The zero-order chi connectivity index (χ0) is 17.2. The third-order valence-corrected chi connectivity index (χ3v) is 6.41. The van der Waals surface area contributed by atoms with Crippen LogP contribution >= 0.6 is 0 Å². The number of nitrogens with one attached hydrogen (secondary N) is 2. The molecule has 1 aromatic carbocycles. The minimum atomic E-state index is -3.48. The maximum Gasteiger partial charge on any atom is 0.243 e. The second-order valence-electron chi connectivity index (χ2n) is 6.64. The van der Waals surface area contributed by atoms with Crippen molar-refractivity contribution >= 4 is 21.6 Å². The lowest BCUT2D eigenvalue weighted by Crippen LogP contribution is -2.39. The molecule has 1 aliphatic carbocycles. The predicted octanol–water partition coefficient (Wildman–Crippen LogP) is 1.94. The molecule has 3 rings (SSSR count). The van der Waals surface area contributed by atoms with Crippen LogP contribution in [0.3, 0.4) is 0 Å². The normalized spacial score (nSPS) is 20.5. The number of hydrogen-bond acceptors (Lipinski definition) is 4. The Balaban J connectivity index is 1.69. The highest BCUT2D eigenvalue weighted by Crippen LogP contribution is 2.23. The summed E-state index contributed by atoms with van der Waals surface area (Å²) < 4.78 is 27.0. The molecule has 1 unspecified atom stereocenters. The van der Waals surface area contributed by atoms with Gasteiger partial charge in [-0.15, -0.1) is 0 Å². The molecule has 1 heterocycles. The summed E-state index contributed by atoms with van der Waals surface area (Å²) in [5.74, 6) is -0.144. The summed E-state index contributed by atoms with van der Waals surface area (Å²) in [6.07, 6.45) is 5.11. The lowest BCUT2D eigenvalue weighted by molar-refractivity contribution is -0.117. The standard InChI is InChI=1S/C17H25N3O3S/c1-13(18-14-8-9-14)17(21)19-15-6-5-7-16(12-15)24(22,23)20-10-3-2-4-11-20/h5-7,12-14,18H,2-4,8-11H2,1H3,(H,19,21). The Bertz CT molecular complexity index is 695. The largest absolute Gasteiger partial charge is 0.325 e.